The van der Waals surface area contributed by atoms with Crippen LogP contribution in [0.25, 0.3) is 0 Å². The van der Waals surface area contributed by atoms with Crippen LogP contribution >= 0.6 is 11.6 Å². The smallest absolute Gasteiger partial charge is 0.246 e. The molecule has 1 rings (SSSR count). The lowest BCUT2D eigenvalue weighted by Gasteiger charge is -2.02. The van der Waals surface area contributed by atoms with Crippen molar-refractivity contribution < 1.29 is 9.73 Å². The third-order valence-corrected chi connectivity index (χ3v) is 2.73. The molecule has 1 aromatic heterocycles. The van der Waals surface area contributed by atoms with Crippen LogP contribution in [-0.4, -0.2) is 24.0 Å². The molecule has 0 saturated carbocycles. The number of nitrogens with two attached hydrogens (primary N) is 1. The van der Waals surface area contributed by atoms with Crippen molar-refractivity contribution in [3.05, 3.63) is 41.3 Å². The van der Waals surface area contributed by atoms with Gasteiger partial charge in [0.25, 0.3) is 0 Å². The molecule has 0 bridgehead atoms. The number of rotatable bonds is 7. The molecule has 0 aliphatic heterocycles. The first kappa shape index (κ1) is 15.7. The molecule has 1 aromatic rings. The minimum Gasteiger partial charge on any atom is -0.404 e. The molecule has 0 aliphatic carbocycles. The van der Waals surface area contributed by atoms with Gasteiger partial charge in [-0.2, -0.15) is 0 Å². The highest BCUT2D eigenvalue weighted by atomic mass is 35.5. The Hall–Kier alpha value is -1.39. The molecule has 0 amide bonds. The van der Waals surface area contributed by atoms with Gasteiger partial charge >= 0.3 is 0 Å². The van der Waals surface area contributed by atoms with Crippen molar-refractivity contribution in [3.63, 3.8) is 0 Å². The highest BCUT2D eigenvalue weighted by Crippen LogP contribution is 2.05. The summed E-state index contributed by atoms with van der Waals surface area (Å²) in [6.45, 7) is 5.52. The van der Waals surface area contributed by atoms with Gasteiger partial charge in [0.1, 0.15) is 5.15 Å². The van der Waals surface area contributed by atoms with Crippen LogP contribution in [0.4, 0.5) is 0 Å². The molecular weight excluding hydrogens is 262 g/mol. The molecule has 0 fully saturated rings. The van der Waals surface area contributed by atoms with E-state index in [2.05, 4.69) is 23.8 Å². The summed E-state index contributed by atoms with van der Waals surface area (Å²) in [7, 11) is 0. The minimum atomic E-state index is 0.440. The van der Waals surface area contributed by atoms with Crippen LogP contribution in [0.15, 0.2) is 30.6 Å². The van der Waals surface area contributed by atoms with Crippen LogP contribution < -0.4 is 10.7 Å². The van der Waals surface area contributed by atoms with Crippen molar-refractivity contribution in [3.8, 4) is 0 Å². The molecule has 4 nitrogen and oxygen atoms in total. The molecule has 0 atom stereocenters. The molecular formula is C14H21ClN3O+. The summed E-state index contributed by atoms with van der Waals surface area (Å²) >= 11 is 5.76. The molecule has 0 aliphatic rings. The second-order valence-corrected chi connectivity index (χ2v) is 4.94. The molecule has 104 valence electrons. The van der Waals surface area contributed by atoms with Gasteiger partial charge < -0.3 is 10.5 Å². The Labute approximate surface area is 119 Å². The summed E-state index contributed by atoms with van der Waals surface area (Å²) in [4.78, 5) is 7.21. The Morgan fingerprint density at radius 3 is 2.89 bits per heavy atom. The number of ether oxygens (including phenoxy) is 1. The van der Waals surface area contributed by atoms with E-state index in [1.165, 1.54) is 6.20 Å². The SMILES string of the molecule is CC(C)CCOC/[NH+]=C(/C=C\N)c1ccc(Cl)nc1. The number of pyridine rings is 1. The molecule has 0 aromatic carbocycles. The van der Waals surface area contributed by atoms with Gasteiger partial charge in [-0.15, -0.1) is 0 Å². The maximum Gasteiger partial charge on any atom is 0.246 e. The van der Waals surface area contributed by atoms with Crippen molar-refractivity contribution in [2.45, 2.75) is 20.3 Å². The van der Waals surface area contributed by atoms with E-state index in [1.807, 2.05) is 6.07 Å². The lowest BCUT2D eigenvalue weighted by molar-refractivity contribution is -0.507. The fourth-order valence-electron chi connectivity index (χ4n) is 1.41. The van der Waals surface area contributed by atoms with E-state index in [0.29, 0.717) is 17.8 Å². The third-order valence-electron chi connectivity index (χ3n) is 2.51. The Morgan fingerprint density at radius 2 is 2.32 bits per heavy atom. The fraction of sp³-hybridized carbons (Fsp3) is 0.429. The van der Waals surface area contributed by atoms with E-state index < -0.39 is 0 Å². The first-order valence-electron chi connectivity index (χ1n) is 6.32. The van der Waals surface area contributed by atoms with Gasteiger partial charge in [-0.1, -0.05) is 25.4 Å². The van der Waals surface area contributed by atoms with Gasteiger partial charge in [-0.25, -0.2) is 9.98 Å². The zero-order chi connectivity index (χ0) is 14.1. The van der Waals surface area contributed by atoms with E-state index in [1.54, 1.807) is 18.3 Å². The van der Waals surface area contributed by atoms with Crippen LogP contribution in [-0.2, 0) is 4.74 Å². The molecule has 0 unspecified atom stereocenters. The number of hydrogen-bond donors (Lipinski definition) is 2. The van der Waals surface area contributed by atoms with Gasteiger partial charge in [-0.05, 0) is 24.5 Å². The quantitative estimate of drug-likeness (QED) is 0.341. The zero-order valence-electron chi connectivity index (χ0n) is 11.4. The first-order chi connectivity index (χ1) is 9.13. The number of nitrogens with zero attached hydrogens (tertiary/aromatic N) is 1. The summed E-state index contributed by atoms with van der Waals surface area (Å²) in [5, 5.41) is 0.466. The molecule has 0 spiro atoms. The summed E-state index contributed by atoms with van der Waals surface area (Å²) < 4.78 is 5.51. The lowest BCUT2D eigenvalue weighted by Crippen LogP contribution is -2.73. The van der Waals surface area contributed by atoms with Crippen LogP contribution in [0.1, 0.15) is 25.8 Å². The van der Waals surface area contributed by atoms with Crippen LogP contribution in [0, 0.1) is 5.92 Å². The molecule has 0 radical (unpaired) electrons. The topological polar surface area (TPSA) is 62.1 Å². The van der Waals surface area contributed by atoms with Crippen LogP contribution in [0.3, 0.4) is 0 Å². The minimum absolute atomic E-state index is 0.440. The maximum absolute atomic E-state index is 5.76. The average molecular weight is 283 g/mol. The highest BCUT2D eigenvalue weighted by molar-refractivity contribution is 6.29. The second kappa shape index (κ2) is 8.67. The largest absolute Gasteiger partial charge is 0.404 e. The van der Waals surface area contributed by atoms with E-state index in [0.717, 1.165) is 24.3 Å². The van der Waals surface area contributed by atoms with Gasteiger partial charge in [0.2, 0.25) is 12.4 Å². The molecule has 3 N–H and O–H groups in total. The fourth-order valence-corrected chi connectivity index (χ4v) is 1.52. The second-order valence-electron chi connectivity index (χ2n) is 4.55. The normalized spacial score (nSPS) is 12.5. The van der Waals surface area contributed by atoms with Crippen molar-refractivity contribution in [1.82, 2.24) is 4.98 Å². The van der Waals surface area contributed by atoms with Crippen molar-refractivity contribution >= 4 is 17.3 Å². The predicted octanol–water partition coefficient (Wildman–Crippen LogP) is 1.10. The van der Waals surface area contributed by atoms with Crippen molar-refractivity contribution in [2.24, 2.45) is 11.7 Å². The van der Waals surface area contributed by atoms with Crippen LogP contribution in [0.2, 0.25) is 5.15 Å². The van der Waals surface area contributed by atoms with E-state index in [-0.39, 0.29) is 0 Å². The standard InChI is InChI=1S/C14H20ClN3O/c1-11(2)6-8-19-10-18-13(5-7-16)12-3-4-14(15)17-9-12/h3-5,7,9,11H,6,8,10,16H2,1-2H3/p+1/b7-5-,18-13-. The molecule has 5 heteroatoms. The summed E-state index contributed by atoms with van der Waals surface area (Å²) in [6, 6.07) is 3.62. The lowest BCUT2D eigenvalue weighted by atomic mass is 10.1. The Balaban J connectivity index is 2.59. The number of nitrogens with one attached hydrogen (secondary N) is 1. The van der Waals surface area contributed by atoms with Gasteiger partial charge in [0.05, 0.1) is 12.2 Å². The number of allylic oxidation sites excluding steroid dienone is 1. The van der Waals surface area contributed by atoms with E-state index in [9.17, 15) is 0 Å². The average Bonchev–Trinajstić information content (AvgIpc) is 2.38. The number of halogens is 1. The molecule has 0 saturated heterocycles. The highest BCUT2D eigenvalue weighted by Gasteiger charge is 2.06. The van der Waals surface area contributed by atoms with Gasteiger partial charge in [0, 0.05) is 18.5 Å². The maximum atomic E-state index is 5.76. The molecule has 19 heavy (non-hydrogen) atoms. The predicted molar refractivity (Wildman–Crippen MR) is 77.9 cm³/mol. The number of aromatic nitrogens is 1. The zero-order valence-corrected chi connectivity index (χ0v) is 12.2. The van der Waals surface area contributed by atoms with Gasteiger partial charge in [-0.3, -0.25) is 0 Å². The van der Waals surface area contributed by atoms with Crippen LogP contribution in [0.5, 0.6) is 0 Å². The Morgan fingerprint density at radius 1 is 1.53 bits per heavy atom. The summed E-state index contributed by atoms with van der Waals surface area (Å²) in [5.41, 5.74) is 7.21. The number of hydrogen-bond acceptors (Lipinski definition) is 3. The summed E-state index contributed by atoms with van der Waals surface area (Å²) in [6.07, 6.45) is 5.99. The monoisotopic (exact) mass is 282 g/mol. The van der Waals surface area contributed by atoms with Crippen molar-refractivity contribution in [2.75, 3.05) is 13.3 Å². The van der Waals surface area contributed by atoms with Gasteiger partial charge in [0.15, 0.2) is 0 Å². The Kier molecular flexibility index (Phi) is 7.15. The molecule has 1 heterocycles. The first-order valence-corrected chi connectivity index (χ1v) is 6.70. The Bertz CT molecular complexity index is 427. The van der Waals surface area contributed by atoms with Crippen molar-refractivity contribution in [1.29, 1.82) is 0 Å². The third kappa shape index (κ3) is 6.36. The van der Waals surface area contributed by atoms with E-state index >= 15 is 0 Å². The summed E-state index contributed by atoms with van der Waals surface area (Å²) in [5.74, 6) is 0.646. The van der Waals surface area contributed by atoms with E-state index in [4.69, 9.17) is 22.1 Å².